The monoisotopic (exact) mass is 242 g/mol. The molecule has 0 bridgehead atoms. The summed E-state index contributed by atoms with van der Waals surface area (Å²) in [4.78, 5) is 16.4. The van der Waals surface area contributed by atoms with Gasteiger partial charge in [-0.25, -0.2) is 0 Å². The number of aliphatic hydroxyl groups is 1. The lowest BCUT2D eigenvalue weighted by Crippen LogP contribution is -2.60. The average molecular weight is 242 g/mol. The number of carbonyl (C=O) groups is 1. The van der Waals surface area contributed by atoms with Gasteiger partial charge in [0.25, 0.3) is 0 Å². The first-order chi connectivity index (χ1) is 8.09. The molecule has 0 spiro atoms. The van der Waals surface area contributed by atoms with Crippen LogP contribution in [0.15, 0.2) is 0 Å². The summed E-state index contributed by atoms with van der Waals surface area (Å²) in [6.45, 7) is 2.63. The fourth-order valence-corrected chi connectivity index (χ4v) is 2.63. The molecule has 2 aliphatic rings. The molecule has 1 unspecified atom stereocenters. The second kappa shape index (κ2) is 4.92. The number of hydrogen-bond acceptors (Lipinski definition) is 4. The molecule has 0 aromatic rings. The van der Waals surface area contributed by atoms with Crippen molar-refractivity contribution in [2.24, 2.45) is 5.41 Å². The predicted molar refractivity (Wildman–Crippen MR) is 63.6 cm³/mol. The molecule has 17 heavy (non-hydrogen) atoms. The second-order valence-electron chi connectivity index (χ2n) is 5.41. The molecular formula is C12H22N2O3. The number of amides is 1. The number of likely N-dealkylation sites (tertiary alicyclic amines) is 1. The van der Waals surface area contributed by atoms with Gasteiger partial charge < -0.3 is 19.6 Å². The fourth-order valence-electron chi connectivity index (χ4n) is 2.63. The summed E-state index contributed by atoms with van der Waals surface area (Å²) in [7, 11) is 3.93. The van der Waals surface area contributed by atoms with E-state index in [1.165, 1.54) is 0 Å². The molecule has 2 heterocycles. The number of nitrogens with zero attached hydrogens (tertiary/aromatic N) is 2. The van der Waals surface area contributed by atoms with Gasteiger partial charge in [0.1, 0.15) is 5.41 Å². The van der Waals surface area contributed by atoms with Crippen LogP contribution in [0.25, 0.3) is 0 Å². The van der Waals surface area contributed by atoms with Crippen LogP contribution in [-0.2, 0) is 9.53 Å². The molecule has 0 aliphatic carbocycles. The van der Waals surface area contributed by atoms with Gasteiger partial charge in [-0.2, -0.15) is 0 Å². The Morgan fingerprint density at radius 2 is 2.29 bits per heavy atom. The number of rotatable bonds is 3. The van der Waals surface area contributed by atoms with Gasteiger partial charge >= 0.3 is 0 Å². The standard InChI is InChI=1S/C12H22N2O3/c1-13-5-3-4-10(6-13)14(2)11(16)12(7-15)8-17-9-12/h10,15H,3-9H2,1-2H3. The van der Waals surface area contributed by atoms with E-state index in [9.17, 15) is 9.90 Å². The van der Waals surface area contributed by atoms with Gasteiger partial charge in [-0.05, 0) is 26.4 Å². The SMILES string of the molecule is CN1CCCC(N(C)C(=O)C2(CO)COC2)C1. The van der Waals surface area contributed by atoms with Crippen LogP contribution in [0, 0.1) is 5.41 Å². The molecule has 0 aromatic carbocycles. The van der Waals surface area contributed by atoms with Crippen molar-refractivity contribution in [3.05, 3.63) is 0 Å². The van der Waals surface area contributed by atoms with Crippen molar-refractivity contribution in [1.82, 2.24) is 9.80 Å². The first-order valence-electron chi connectivity index (χ1n) is 6.23. The lowest BCUT2D eigenvalue weighted by Gasteiger charge is -2.44. The van der Waals surface area contributed by atoms with Gasteiger partial charge in [0.05, 0.1) is 19.8 Å². The van der Waals surface area contributed by atoms with Gasteiger partial charge in [0.2, 0.25) is 5.91 Å². The quantitative estimate of drug-likeness (QED) is 0.728. The van der Waals surface area contributed by atoms with Crippen LogP contribution in [0.4, 0.5) is 0 Å². The Kier molecular flexibility index (Phi) is 3.70. The van der Waals surface area contributed by atoms with E-state index in [4.69, 9.17) is 4.74 Å². The maximum absolute atomic E-state index is 12.4. The Labute approximate surface area is 102 Å². The van der Waals surface area contributed by atoms with Gasteiger partial charge in [0, 0.05) is 19.6 Å². The lowest BCUT2D eigenvalue weighted by atomic mass is 9.84. The van der Waals surface area contributed by atoms with Crippen molar-refractivity contribution >= 4 is 5.91 Å². The largest absolute Gasteiger partial charge is 0.395 e. The normalized spacial score (nSPS) is 28.5. The Bertz CT molecular complexity index is 286. The maximum atomic E-state index is 12.4. The van der Waals surface area contributed by atoms with E-state index in [1.807, 2.05) is 11.9 Å². The highest BCUT2D eigenvalue weighted by Gasteiger charge is 2.48. The third-order valence-corrected chi connectivity index (χ3v) is 3.98. The minimum Gasteiger partial charge on any atom is -0.395 e. The molecule has 0 aromatic heterocycles. The molecule has 0 radical (unpaired) electrons. The molecule has 0 saturated carbocycles. The zero-order chi connectivity index (χ0) is 12.5. The minimum absolute atomic E-state index is 0.0338. The third-order valence-electron chi connectivity index (χ3n) is 3.98. The van der Waals surface area contributed by atoms with Crippen molar-refractivity contribution in [1.29, 1.82) is 0 Å². The van der Waals surface area contributed by atoms with E-state index in [0.717, 1.165) is 25.9 Å². The first kappa shape index (κ1) is 12.8. The van der Waals surface area contributed by atoms with E-state index >= 15 is 0 Å². The summed E-state index contributed by atoms with van der Waals surface area (Å²) in [5.74, 6) is 0.0338. The molecule has 98 valence electrons. The van der Waals surface area contributed by atoms with Crippen molar-refractivity contribution in [3.8, 4) is 0 Å². The molecule has 2 rings (SSSR count). The number of ether oxygens (including phenoxy) is 1. The number of piperidine rings is 1. The van der Waals surface area contributed by atoms with Crippen LogP contribution in [0.5, 0.6) is 0 Å². The molecule has 5 nitrogen and oxygen atoms in total. The zero-order valence-electron chi connectivity index (χ0n) is 10.7. The van der Waals surface area contributed by atoms with Gasteiger partial charge in [-0.1, -0.05) is 0 Å². The lowest BCUT2D eigenvalue weighted by molar-refractivity contribution is -0.182. The van der Waals surface area contributed by atoms with E-state index < -0.39 is 5.41 Å². The molecule has 1 N–H and O–H groups in total. The van der Waals surface area contributed by atoms with Crippen LogP contribution in [0.3, 0.4) is 0 Å². The highest BCUT2D eigenvalue weighted by molar-refractivity contribution is 5.84. The smallest absolute Gasteiger partial charge is 0.235 e. The van der Waals surface area contributed by atoms with Gasteiger partial charge in [0.15, 0.2) is 0 Å². The number of carbonyl (C=O) groups excluding carboxylic acids is 1. The molecule has 2 aliphatic heterocycles. The Hall–Kier alpha value is -0.650. The minimum atomic E-state index is -0.662. The zero-order valence-corrected chi connectivity index (χ0v) is 10.7. The third kappa shape index (κ3) is 2.32. The summed E-state index contributed by atoms with van der Waals surface area (Å²) in [5.41, 5.74) is -0.662. The molecule has 1 amide bonds. The van der Waals surface area contributed by atoms with Crippen molar-refractivity contribution < 1.29 is 14.6 Å². The Morgan fingerprint density at radius 3 is 2.76 bits per heavy atom. The van der Waals surface area contributed by atoms with E-state index in [0.29, 0.717) is 13.2 Å². The summed E-state index contributed by atoms with van der Waals surface area (Å²) < 4.78 is 5.09. The maximum Gasteiger partial charge on any atom is 0.235 e. The van der Waals surface area contributed by atoms with Gasteiger partial charge in [-0.3, -0.25) is 4.79 Å². The number of likely N-dealkylation sites (N-methyl/N-ethyl adjacent to an activating group) is 2. The van der Waals surface area contributed by atoms with Crippen LogP contribution in [0.1, 0.15) is 12.8 Å². The Morgan fingerprint density at radius 1 is 1.59 bits per heavy atom. The first-order valence-corrected chi connectivity index (χ1v) is 6.23. The van der Waals surface area contributed by atoms with Gasteiger partial charge in [-0.15, -0.1) is 0 Å². The molecule has 2 saturated heterocycles. The summed E-state index contributed by atoms with van der Waals surface area (Å²) in [6.07, 6.45) is 2.18. The number of aliphatic hydroxyl groups excluding tert-OH is 1. The van der Waals surface area contributed by atoms with Crippen LogP contribution < -0.4 is 0 Å². The summed E-state index contributed by atoms with van der Waals surface area (Å²) in [6, 6.07) is 0.269. The van der Waals surface area contributed by atoms with E-state index in [-0.39, 0.29) is 18.6 Å². The number of hydrogen-bond donors (Lipinski definition) is 1. The highest BCUT2D eigenvalue weighted by Crippen LogP contribution is 2.30. The molecular weight excluding hydrogens is 220 g/mol. The van der Waals surface area contributed by atoms with E-state index in [1.54, 1.807) is 0 Å². The van der Waals surface area contributed by atoms with Crippen molar-refractivity contribution in [3.63, 3.8) is 0 Å². The van der Waals surface area contributed by atoms with Crippen LogP contribution >= 0.6 is 0 Å². The van der Waals surface area contributed by atoms with Crippen molar-refractivity contribution in [2.45, 2.75) is 18.9 Å². The summed E-state index contributed by atoms with van der Waals surface area (Å²) >= 11 is 0. The predicted octanol–water partition coefficient (Wildman–Crippen LogP) is -0.452. The molecule has 1 atom stereocenters. The fraction of sp³-hybridized carbons (Fsp3) is 0.917. The van der Waals surface area contributed by atoms with Crippen LogP contribution in [-0.4, -0.2) is 73.9 Å². The molecule has 5 heteroatoms. The second-order valence-corrected chi connectivity index (χ2v) is 5.41. The van der Waals surface area contributed by atoms with Crippen LogP contribution in [0.2, 0.25) is 0 Å². The average Bonchev–Trinajstić information content (AvgIpc) is 2.27. The highest BCUT2D eigenvalue weighted by atomic mass is 16.5. The Balaban J connectivity index is 1.98. The molecule has 2 fully saturated rings. The van der Waals surface area contributed by atoms with Crippen molar-refractivity contribution in [2.75, 3.05) is 47.0 Å². The van der Waals surface area contributed by atoms with E-state index in [2.05, 4.69) is 11.9 Å². The topological polar surface area (TPSA) is 53.0 Å². The summed E-state index contributed by atoms with van der Waals surface area (Å²) in [5, 5.41) is 9.37.